The van der Waals surface area contributed by atoms with Gasteiger partial charge in [0.25, 0.3) is 0 Å². The molecule has 3 aliphatic rings. The highest BCUT2D eigenvalue weighted by Crippen LogP contribution is 2.61. The van der Waals surface area contributed by atoms with Gasteiger partial charge in [0.15, 0.2) is 0 Å². The molecule has 1 aromatic carbocycles. The normalized spacial score (nSPS) is 33.2. The van der Waals surface area contributed by atoms with E-state index in [0.29, 0.717) is 24.1 Å². The molecule has 0 spiro atoms. The molecule has 1 saturated heterocycles. The van der Waals surface area contributed by atoms with Gasteiger partial charge in [0.05, 0.1) is 28.3 Å². The van der Waals surface area contributed by atoms with Crippen molar-refractivity contribution in [1.82, 2.24) is 0 Å². The molecule has 0 aromatic heterocycles. The van der Waals surface area contributed by atoms with Gasteiger partial charge >= 0.3 is 13.1 Å². The summed E-state index contributed by atoms with van der Waals surface area (Å²) in [5.41, 5.74) is -3.49. The van der Waals surface area contributed by atoms with Crippen LogP contribution in [0.3, 0.4) is 0 Å². The number of nitrogens with one attached hydrogen (secondary N) is 1. The second-order valence-corrected chi connectivity index (χ2v) is 12.9. The highest BCUT2D eigenvalue weighted by molar-refractivity contribution is 6.62. The first-order valence-corrected chi connectivity index (χ1v) is 12.2. The van der Waals surface area contributed by atoms with Crippen molar-refractivity contribution in [2.45, 2.75) is 115 Å². The molecule has 34 heavy (non-hydrogen) atoms. The molecule has 1 aliphatic carbocycles. The number of anilines is 1. The van der Waals surface area contributed by atoms with Crippen LogP contribution in [0.5, 0.6) is 0 Å². The zero-order valence-corrected chi connectivity index (χ0v) is 22.2. The lowest BCUT2D eigenvalue weighted by Gasteiger charge is -2.56. The molecule has 3 atom stereocenters. The maximum Gasteiger partial charge on any atom is 0.497 e. The standard InChI is InChI=1S/C26H39BFNO5/c1-21(2,3)32-20(30)15-11-12-26(31)22(4,5)29-19-14-18(28)17(13-16(19)25(15,26)10)27-33-23(6,7)24(8,9)34-27/h13-15,29,31H,11-12H2,1-10H3. The number of aliphatic hydroxyl groups is 1. The number of carbonyl (C=O) groups is 1. The molecule has 8 heteroatoms. The van der Waals surface area contributed by atoms with Crippen LogP contribution in [0.4, 0.5) is 10.1 Å². The molecule has 2 fully saturated rings. The van der Waals surface area contributed by atoms with Gasteiger partial charge in [-0.3, -0.25) is 4.79 Å². The fraction of sp³-hybridized carbons (Fsp3) is 0.731. The summed E-state index contributed by atoms with van der Waals surface area (Å²) in [6.07, 6.45) is 0.881. The summed E-state index contributed by atoms with van der Waals surface area (Å²) in [5.74, 6) is -1.40. The Kier molecular flexibility index (Phi) is 5.39. The Morgan fingerprint density at radius 1 is 1.12 bits per heavy atom. The molecule has 0 amide bonds. The van der Waals surface area contributed by atoms with E-state index in [9.17, 15) is 9.90 Å². The van der Waals surface area contributed by atoms with Crippen LogP contribution in [0.15, 0.2) is 12.1 Å². The molecular weight excluding hydrogens is 436 g/mol. The molecule has 4 rings (SSSR count). The smallest absolute Gasteiger partial charge is 0.460 e. The topological polar surface area (TPSA) is 77.0 Å². The van der Waals surface area contributed by atoms with Crippen molar-refractivity contribution in [3.05, 3.63) is 23.5 Å². The van der Waals surface area contributed by atoms with Crippen LogP contribution < -0.4 is 10.8 Å². The van der Waals surface area contributed by atoms with Gasteiger partial charge in [-0.05, 0) is 86.8 Å². The number of ether oxygens (including phenoxy) is 1. The summed E-state index contributed by atoms with van der Waals surface area (Å²) in [6, 6.07) is 3.15. The highest BCUT2D eigenvalue weighted by Gasteiger charge is 2.69. The molecule has 6 nitrogen and oxygen atoms in total. The third kappa shape index (κ3) is 3.43. The molecule has 1 saturated carbocycles. The summed E-state index contributed by atoms with van der Waals surface area (Å²) >= 11 is 0. The predicted octanol–water partition coefficient (Wildman–Crippen LogP) is 4.07. The van der Waals surface area contributed by atoms with Gasteiger partial charge in [-0.25, -0.2) is 4.39 Å². The number of esters is 1. The molecule has 0 bridgehead atoms. The minimum absolute atomic E-state index is 0.261. The van der Waals surface area contributed by atoms with Crippen LogP contribution in [-0.2, 0) is 24.3 Å². The van der Waals surface area contributed by atoms with E-state index in [-0.39, 0.29) is 11.4 Å². The van der Waals surface area contributed by atoms with Crippen molar-refractivity contribution in [1.29, 1.82) is 0 Å². The SMILES string of the molecule is CC(C)(C)OC(=O)C1CCC2(O)C(C)(C)Nc3cc(F)c(B4OC(C)(C)C(C)(C)O4)cc3C12C. The summed E-state index contributed by atoms with van der Waals surface area (Å²) in [5, 5.41) is 15.5. The lowest BCUT2D eigenvalue weighted by Crippen LogP contribution is -2.68. The van der Waals surface area contributed by atoms with E-state index in [4.69, 9.17) is 14.0 Å². The van der Waals surface area contributed by atoms with Crippen LogP contribution >= 0.6 is 0 Å². The number of carbonyl (C=O) groups excluding carboxylic acids is 1. The largest absolute Gasteiger partial charge is 0.497 e. The van der Waals surface area contributed by atoms with E-state index in [1.165, 1.54) is 6.07 Å². The van der Waals surface area contributed by atoms with E-state index in [1.54, 1.807) is 6.07 Å². The first-order chi connectivity index (χ1) is 15.3. The van der Waals surface area contributed by atoms with Crippen molar-refractivity contribution in [2.24, 2.45) is 5.92 Å². The molecular formula is C26H39BFNO5. The van der Waals surface area contributed by atoms with Gasteiger partial charge in [0.2, 0.25) is 0 Å². The molecule has 3 unspecified atom stereocenters. The van der Waals surface area contributed by atoms with E-state index in [2.05, 4.69) is 5.32 Å². The number of hydrogen-bond donors (Lipinski definition) is 2. The Labute approximate surface area is 203 Å². The van der Waals surface area contributed by atoms with E-state index >= 15 is 4.39 Å². The summed E-state index contributed by atoms with van der Waals surface area (Å²) < 4.78 is 33.5. The summed E-state index contributed by atoms with van der Waals surface area (Å²) in [7, 11) is -0.900. The maximum atomic E-state index is 15.5. The Bertz CT molecular complexity index is 1020. The summed E-state index contributed by atoms with van der Waals surface area (Å²) in [6.45, 7) is 18.9. The van der Waals surface area contributed by atoms with Crippen LogP contribution in [0.1, 0.15) is 87.6 Å². The van der Waals surface area contributed by atoms with Gasteiger partial charge < -0.3 is 24.5 Å². The van der Waals surface area contributed by atoms with Crippen molar-refractivity contribution >= 4 is 24.2 Å². The number of benzene rings is 1. The highest BCUT2D eigenvalue weighted by atomic mass is 19.1. The van der Waals surface area contributed by atoms with Crippen LogP contribution in [0.2, 0.25) is 0 Å². The number of hydrogen-bond acceptors (Lipinski definition) is 6. The van der Waals surface area contributed by atoms with Gasteiger partial charge in [-0.1, -0.05) is 13.0 Å². The van der Waals surface area contributed by atoms with Gasteiger partial charge in [-0.15, -0.1) is 0 Å². The van der Waals surface area contributed by atoms with Crippen molar-refractivity contribution < 1.29 is 28.3 Å². The predicted molar refractivity (Wildman–Crippen MR) is 131 cm³/mol. The third-order valence-electron chi connectivity index (χ3n) is 8.73. The molecule has 2 heterocycles. The molecule has 188 valence electrons. The Morgan fingerprint density at radius 3 is 2.21 bits per heavy atom. The van der Waals surface area contributed by atoms with Crippen molar-refractivity contribution in [3.8, 4) is 0 Å². The fourth-order valence-corrected chi connectivity index (χ4v) is 6.00. The molecule has 2 aliphatic heterocycles. The van der Waals surface area contributed by atoms with Crippen LogP contribution in [0, 0.1) is 11.7 Å². The third-order valence-corrected chi connectivity index (χ3v) is 8.73. The second kappa shape index (κ2) is 7.20. The van der Waals surface area contributed by atoms with Gasteiger partial charge in [-0.2, -0.15) is 0 Å². The van der Waals surface area contributed by atoms with Crippen molar-refractivity contribution in [3.63, 3.8) is 0 Å². The first kappa shape index (κ1) is 25.5. The molecule has 0 radical (unpaired) electrons. The Balaban J connectivity index is 1.87. The lowest BCUT2D eigenvalue weighted by atomic mass is 9.56. The number of rotatable bonds is 2. The Morgan fingerprint density at radius 2 is 1.68 bits per heavy atom. The molecule has 2 N–H and O–H groups in total. The monoisotopic (exact) mass is 475 g/mol. The van der Waals surface area contributed by atoms with E-state index in [0.717, 1.165) is 0 Å². The second-order valence-electron chi connectivity index (χ2n) is 12.9. The quantitative estimate of drug-likeness (QED) is 0.496. The first-order valence-electron chi connectivity index (χ1n) is 12.2. The average molecular weight is 475 g/mol. The fourth-order valence-electron chi connectivity index (χ4n) is 6.00. The maximum absolute atomic E-state index is 15.5. The lowest BCUT2D eigenvalue weighted by molar-refractivity contribution is -0.165. The minimum Gasteiger partial charge on any atom is -0.460 e. The Hall–Kier alpha value is -1.64. The molecule has 1 aromatic rings. The zero-order chi connectivity index (χ0) is 25.7. The van der Waals surface area contributed by atoms with E-state index in [1.807, 2.05) is 69.2 Å². The zero-order valence-electron chi connectivity index (χ0n) is 22.2. The van der Waals surface area contributed by atoms with Crippen molar-refractivity contribution in [2.75, 3.05) is 5.32 Å². The summed E-state index contributed by atoms with van der Waals surface area (Å²) in [4.78, 5) is 13.4. The van der Waals surface area contributed by atoms with Gasteiger partial charge in [0, 0.05) is 16.6 Å². The number of fused-ring (bicyclic) bond motifs is 3. The van der Waals surface area contributed by atoms with Crippen LogP contribution in [0.25, 0.3) is 0 Å². The minimum atomic E-state index is -1.26. The van der Waals surface area contributed by atoms with Gasteiger partial charge in [0.1, 0.15) is 11.4 Å². The number of halogens is 1. The van der Waals surface area contributed by atoms with E-state index < -0.39 is 52.2 Å². The van der Waals surface area contributed by atoms with Crippen LogP contribution in [-0.4, -0.2) is 46.1 Å². The average Bonchev–Trinajstić information content (AvgIpc) is 3.04.